The molecular formula is C18H19N3O3S. The quantitative estimate of drug-likeness (QED) is 0.823. The number of hydrogen-bond acceptors (Lipinski definition) is 5. The monoisotopic (exact) mass is 357 g/mol. The topological polar surface area (TPSA) is 76.2 Å². The van der Waals surface area contributed by atoms with E-state index < -0.39 is 0 Å². The third-order valence-corrected chi connectivity index (χ3v) is 5.41. The average molecular weight is 357 g/mol. The number of nitrogens with zero attached hydrogens (tertiary/aromatic N) is 1. The number of hydrogen-bond donors (Lipinski definition) is 2. The molecule has 25 heavy (non-hydrogen) atoms. The van der Waals surface area contributed by atoms with Crippen LogP contribution < -0.4 is 14.8 Å². The van der Waals surface area contributed by atoms with E-state index in [9.17, 15) is 4.79 Å². The van der Waals surface area contributed by atoms with E-state index in [0.717, 1.165) is 16.8 Å². The van der Waals surface area contributed by atoms with Gasteiger partial charge in [0.15, 0.2) is 17.3 Å². The summed E-state index contributed by atoms with van der Waals surface area (Å²) in [5.41, 5.74) is 2.90. The molecule has 1 aromatic heterocycles. The number of fused-ring (bicyclic) bond motifs is 1. The van der Waals surface area contributed by atoms with Gasteiger partial charge in [-0.25, -0.2) is 0 Å². The Hall–Kier alpha value is -2.59. The summed E-state index contributed by atoms with van der Waals surface area (Å²) < 4.78 is 11.0. The lowest BCUT2D eigenvalue weighted by Crippen LogP contribution is -2.21. The molecule has 0 bridgehead atoms. The normalized spacial score (nSPS) is 19.4. The molecule has 2 N–H and O–H groups in total. The fourth-order valence-corrected chi connectivity index (χ4v) is 4.06. The number of H-pyrrole nitrogens is 1. The van der Waals surface area contributed by atoms with Gasteiger partial charge in [-0.3, -0.25) is 9.89 Å². The van der Waals surface area contributed by atoms with Crippen molar-refractivity contribution < 1.29 is 14.3 Å². The molecule has 0 unspecified atom stereocenters. The van der Waals surface area contributed by atoms with Gasteiger partial charge in [-0.1, -0.05) is 12.0 Å². The number of amides is 1. The van der Waals surface area contributed by atoms with Crippen molar-refractivity contribution in [3.63, 3.8) is 0 Å². The molecule has 3 rings (SSSR count). The number of ether oxygens (including phenoxy) is 2. The van der Waals surface area contributed by atoms with Crippen LogP contribution in [0.2, 0.25) is 0 Å². The highest BCUT2D eigenvalue weighted by atomic mass is 32.2. The van der Waals surface area contributed by atoms with Crippen LogP contribution in [0.1, 0.15) is 29.0 Å². The average Bonchev–Trinajstić information content (AvgIpc) is 2.91. The third-order valence-electron chi connectivity index (χ3n) is 4.01. The smallest absolute Gasteiger partial charge is 0.238 e. The number of rotatable bonds is 4. The summed E-state index contributed by atoms with van der Waals surface area (Å²) in [5, 5.41) is 9.80. The highest BCUT2D eigenvalue weighted by Crippen LogP contribution is 2.46. The SMILES string of the molecule is C#CCOc1ccc([C@@H]2S[C@@H](C)C(=O)Nc3n[nH]c(C)c32)cc1OC. The fraction of sp³-hybridized carbons (Fsp3) is 0.333. The van der Waals surface area contributed by atoms with Crippen LogP contribution in [0.4, 0.5) is 5.82 Å². The molecule has 6 nitrogen and oxygen atoms in total. The van der Waals surface area contributed by atoms with Gasteiger partial charge in [-0.15, -0.1) is 18.2 Å². The fourth-order valence-electron chi connectivity index (χ4n) is 2.74. The second-order valence-corrected chi connectivity index (χ2v) is 7.11. The van der Waals surface area contributed by atoms with Crippen LogP contribution in [-0.4, -0.2) is 35.1 Å². The number of benzene rings is 1. The van der Waals surface area contributed by atoms with Crippen molar-refractivity contribution in [3.05, 3.63) is 35.0 Å². The minimum absolute atomic E-state index is 0.0545. The summed E-state index contributed by atoms with van der Waals surface area (Å²) >= 11 is 1.57. The van der Waals surface area contributed by atoms with E-state index in [2.05, 4.69) is 21.4 Å². The Balaban J connectivity index is 2.04. The number of aromatic nitrogens is 2. The lowest BCUT2D eigenvalue weighted by Gasteiger charge is -2.19. The number of nitrogens with one attached hydrogen (secondary N) is 2. The lowest BCUT2D eigenvalue weighted by molar-refractivity contribution is -0.115. The van der Waals surface area contributed by atoms with Gasteiger partial charge >= 0.3 is 0 Å². The standard InChI is InChI=1S/C18H19N3O3S/c1-5-8-24-13-7-6-12(9-14(13)23-4)16-15-10(2)20-21-17(15)19-18(22)11(3)25-16/h1,6-7,9,11,16H,8H2,2-4H3,(H2,19,20,21,22)/t11-,16-/m0/s1. The molecule has 7 heteroatoms. The number of terminal acetylenes is 1. The molecule has 0 aliphatic carbocycles. The van der Waals surface area contributed by atoms with Gasteiger partial charge in [0.05, 0.1) is 17.6 Å². The minimum Gasteiger partial charge on any atom is -0.493 e. The van der Waals surface area contributed by atoms with E-state index in [0.29, 0.717) is 17.3 Å². The maximum atomic E-state index is 12.2. The first-order chi connectivity index (χ1) is 12.0. The second kappa shape index (κ2) is 7.11. The van der Waals surface area contributed by atoms with Crippen LogP contribution in [0.15, 0.2) is 18.2 Å². The molecule has 0 radical (unpaired) electrons. The lowest BCUT2D eigenvalue weighted by atomic mass is 10.0. The second-order valence-electron chi connectivity index (χ2n) is 5.66. The van der Waals surface area contributed by atoms with Gasteiger partial charge in [0.25, 0.3) is 0 Å². The van der Waals surface area contributed by atoms with Gasteiger partial charge in [0, 0.05) is 11.3 Å². The number of aryl methyl sites for hydroxylation is 1. The Morgan fingerprint density at radius 3 is 2.92 bits per heavy atom. The van der Waals surface area contributed by atoms with Gasteiger partial charge in [-0.05, 0) is 31.5 Å². The molecule has 130 valence electrons. The predicted octanol–water partition coefficient (Wildman–Crippen LogP) is 2.90. The number of carbonyl (C=O) groups excluding carboxylic acids is 1. The summed E-state index contributed by atoms with van der Waals surface area (Å²) in [6, 6.07) is 5.72. The largest absolute Gasteiger partial charge is 0.493 e. The van der Waals surface area contributed by atoms with Gasteiger partial charge < -0.3 is 14.8 Å². The molecule has 1 aliphatic heterocycles. The Bertz CT molecular complexity index is 841. The molecule has 0 fully saturated rings. The van der Waals surface area contributed by atoms with E-state index in [1.807, 2.05) is 32.0 Å². The first-order valence-corrected chi connectivity index (χ1v) is 8.74. The minimum atomic E-state index is -0.207. The Labute approximate surface area is 150 Å². The van der Waals surface area contributed by atoms with Crippen molar-refractivity contribution in [3.8, 4) is 23.8 Å². The van der Waals surface area contributed by atoms with Crippen LogP contribution >= 0.6 is 11.8 Å². The molecule has 2 atom stereocenters. The maximum Gasteiger partial charge on any atom is 0.238 e. The highest BCUT2D eigenvalue weighted by molar-refractivity contribution is 8.01. The number of methoxy groups -OCH3 is 1. The zero-order valence-corrected chi connectivity index (χ0v) is 15.1. The first-order valence-electron chi connectivity index (χ1n) is 7.80. The summed E-state index contributed by atoms with van der Waals surface area (Å²) in [6.07, 6.45) is 5.25. The van der Waals surface area contributed by atoms with Crippen LogP contribution in [0.25, 0.3) is 0 Å². The van der Waals surface area contributed by atoms with Gasteiger partial charge in [0.2, 0.25) is 5.91 Å². The zero-order chi connectivity index (χ0) is 18.0. The molecular weight excluding hydrogens is 338 g/mol. The summed E-state index contributed by atoms with van der Waals surface area (Å²) in [6.45, 7) is 4.01. The summed E-state index contributed by atoms with van der Waals surface area (Å²) in [7, 11) is 1.59. The molecule has 0 saturated carbocycles. The third kappa shape index (κ3) is 3.30. The van der Waals surface area contributed by atoms with E-state index in [-0.39, 0.29) is 23.0 Å². The number of carbonyl (C=O) groups is 1. The molecule has 1 aliphatic rings. The molecule has 2 heterocycles. The molecule has 1 aromatic carbocycles. The van der Waals surface area contributed by atoms with Crippen molar-refractivity contribution in [2.45, 2.75) is 24.3 Å². The Morgan fingerprint density at radius 1 is 1.40 bits per heavy atom. The summed E-state index contributed by atoms with van der Waals surface area (Å²) in [5.74, 6) is 4.16. The number of aromatic amines is 1. The number of thioether (sulfide) groups is 1. The van der Waals surface area contributed by atoms with Crippen molar-refractivity contribution in [1.29, 1.82) is 0 Å². The molecule has 0 saturated heterocycles. The van der Waals surface area contributed by atoms with Crippen molar-refractivity contribution in [1.82, 2.24) is 10.2 Å². The first kappa shape index (κ1) is 17.2. The highest BCUT2D eigenvalue weighted by Gasteiger charge is 2.32. The summed E-state index contributed by atoms with van der Waals surface area (Å²) in [4.78, 5) is 12.2. The Kier molecular flexibility index (Phi) is 4.91. The molecule has 1 amide bonds. The van der Waals surface area contributed by atoms with Crippen molar-refractivity contribution >= 4 is 23.5 Å². The number of anilines is 1. The molecule has 2 aromatic rings. The van der Waals surface area contributed by atoms with Crippen molar-refractivity contribution in [2.75, 3.05) is 19.0 Å². The van der Waals surface area contributed by atoms with Gasteiger partial charge in [0.1, 0.15) is 6.61 Å². The van der Waals surface area contributed by atoms with E-state index >= 15 is 0 Å². The van der Waals surface area contributed by atoms with Crippen LogP contribution in [0.3, 0.4) is 0 Å². The van der Waals surface area contributed by atoms with E-state index in [1.165, 1.54) is 0 Å². The van der Waals surface area contributed by atoms with Crippen molar-refractivity contribution in [2.24, 2.45) is 0 Å². The van der Waals surface area contributed by atoms with E-state index in [1.54, 1.807) is 18.9 Å². The maximum absolute atomic E-state index is 12.2. The van der Waals surface area contributed by atoms with Gasteiger partial charge in [-0.2, -0.15) is 5.10 Å². The van der Waals surface area contributed by atoms with Crippen LogP contribution in [0, 0.1) is 19.3 Å². The van der Waals surface area contributed by atoms with Crippen LogP contribution in [-0.2, 0) is 4.79 Å². The Morgan fingerprint density at radius 2 is 2.20 bits per heavy atom. The molecule has 0 spiro atoms. The predicted molar refractivity (Wildman–Crippen MR) is 98.2 cm³/mol. The van der Waals surface area contributed by atoms with E-state index in [4.69, 9.17) is 15.9 Å². The van der Waals surface area contributed by atoms with Crippen LogP contribution in [0.5, 0.6) is 11.5 Å². The zero-order valence-electron chi connectivity index (χ0n) is 14.3.